The zero-order valence-corrected chi connectivity index (χ0v) is 14.9. The topological polar surface area (TPSA) is 76.8 Å². The van der Waals surface area contributed by atoms with Gasteiger partial charge in [-0.2, -0.15) is 4.80 Å². The Morgan fingerprint density at radius 3 is 2.69 bits per heavy atom. The Hall–Kier alpha value is -3.13. The molecule has 0 radical (unpaired) electrons. The van der Waals surface area contributed by atoms with Crippen LogP contribution in [0.25, 0.3) is 21.6 Å². The van der Waals surface area contributed by atoms with Gasteiger partial charge in [0.25, 0.3) is 0 Å². The average molecular weight is 364 g/mol. The standard InChI is InChI=1S/C18H16N6OS/c1-23(11-16-19-14-9-5-6-10-15(14)26-16)17(25)12-24-21-18(20-22-24)13-7-3-2-4-8-13/h2-10H,11-12H2,1H3. The molecule has 0 unspecified atom stereocenters. The first-order valence-electron chi connectivity index (χ1n) is 8.11. The van der Waals surface area contributed by atoms with Crippen LogP contribution in [0.15, 0.2) is 54.6 Å². The van der Waals surface area contributed by atoms with Crippen molar-refractivity contribution in [2.24, 2.45) is 0 Å². The van der Waals surface area contributed by atoms with Gasteiger partial charge in [-0.05, 0) is 17.3 Å². The lowest BCUT2D eigenvalue weighted by atomic mass is 10.2. The van der Waals surface area contributed by atoms with Gasteiger partial charge < -0.3 is 4.90 Å². The van der Waals surface area contributed by atoms with Crippen molar-refractivity contribution < 1.29 is 4.79 Å². The van der Waals surface area contributed by atoms with Crippen molar-refractivity contribution in [2.75, 3.05) is 7.05 Å². The molecular weight excluding hydrogens is 348 g/mol. The summed E-state index contributed by atoms with van der Waals surface area (Å²) < 4.78 is 1.12. The van der Waals surface area contributed by atoms with Gasteiger partial charge in [0.05, 0.1) is 16.8 Å². The summed E-state index contributed by atoms with van der Waals surface area (Å²) in [6, 6.07) is 17.5. The third-order valence-corrected chi connectivity index (χ3v) is 4.92. The molecule has 0 bridgehead atoms. The number of rotatable bonds is 5. The second-order valence-electron chi connectivity index (χ2n) is 5.83. The van der Waals surface area contributed by atoms with Gasteiger partial charge in [0.1, 0.15) is 11.6 Å². The molecule has 0 saturated carbocycles. The number of hydrogen-bond donors (Lipinski definition) is 0. The van der Waals surface area contributed by atoms with Gasteiger partial charge in [-0.25, -0.2) is 4.98 Å². The van der Waals surface area contributed by atoms with Gasteiger partial charge in [-0.3, -0.25) is 4.79 Å². The number of tetrazole rings is 1. The molecule has 0 N–H and O–H groups in total. The van der Waals surface area contributed by atoms with Gasteiger partial charge in [0.15, 0.2) is 0 Å². The van der Waals surface area contributed by atoms with E-state index in [9.17, 15) is 4.79 Å². The second kappa shape index (κ2) is 7.01. The smallest absolute Gasteiger partial charge is 0.246 e. The van der Waals surface area contributed by atoms with E-state index in [1.54, 1.807) is 23.3 Å². The molecule has 0 aliphatic carbocycles. The molecule has 0 aliphatic rings. The molecule has 130 valence electrons. The van der Waals surface area contributed by atoms with E-state index in [2.05, 4.69) is 20.4 Å². The minimum absolute atomic E-state index is 0.0429. The van der Waals surface area contributed by atoms with E-state index in [1.165, 1.54) is 4.80 Å². The Bertz CT molecular complexity index is 1010. The summed E-state index contributed by atoms with van der Waals surface area (Å²) in [7, 11) is 1.75. The molecule has 0 saturated heterocycles. The van der Waals surface area contributed by atoms with Crippen molar-refractivity contribution in [2.45, 2.75) is 13.1 Å². The fraction of sp³-hybridized carbons (Fsp3) is 0.167. The summed E-state index contributed by atoms with van der Waals surface area (Å²) >= 11 is 1.60. The Kier molecular flexibility index (Phi) is 4.40. The van der Waals surface area contributed by atoms with Crippen LogP contribution in [0.2, 0.25) is 0 Å². The summed E-state index contributed by atoms with van der Waals surface area (Å²) in [5.41, 5.74) is 1.83. The van der Waals surface area contributed by atoms with Crippen LogP contribution in [0.1, 0.15) is 5.01 Å². The Labute approximate surface area is 153 Å². The number of hydrogen-bond acceptors (Lipinski definition) is 6. The predicted octanol–water partition coefficient (Wildman–Crippen LogP) is 2.61. The number of likely N-dealkylation sites (N-methyl/N-ethyl adjacent to an activating group) is 1. The minimum atomic E-state index is -0.0960. The van der Waals surface area contributed by atoms with E-state index in [-0.39, 0.29) is 12.5 Å². The van der Waals surface area contributed by atoms with E-state index < -0.39 is 0 Å². The zero-order valence-electron chi connectivity index (χ0n) is 14.1. The van der Waals surface area contributed by atoms with Gasteiger partial charge in [-0.1, -0.05) is 42.5 Å². The number of benzene rings is 2. The fourth-order valence-corrected chi connectivity index (χ4v) is 3.55. The molecule has 4 rings (SSSR count). The lowest BCUT2D eigenvalue weighted by Crippen LogP contribution is -2.30. The zero-order chi connectivity index (χ0) is 17.9. The van der Waals surface area contributed by atoms with Gasteiger partial charge in [0.2, 0.25) is 11.7 Å². The quantitative estimate of drug-likeness (QED) is 0.544. The van der Waals surface area contributed by atoms with Crippen LogP contribution >= 0.6 is 11.3 Å². The van der Waals surface area contributed by atoms with E-state index >= 15 is 0 Å². The third kappa shape index (κ3) is 3.45. The first-order chi connectivity index (χ1) is 12.7. The molecule has 7 nitrogen and oxygen atoms in total. The van der Waals surface area contributed by atoms with Crippen LogP contribution in [-0.2, 0) is 17.9 Å². The monoisotopic (exact) mass is 364 g/mol. The molecule has 0 spiro atoms. The largest absolute Gasteiger partial charge is 0.337 e. The molecule has 2 aromatic carbocycles. The maximum absolute atomic E-state index is 12.5. The first kappa shape index (κ1) is 16.3. The highest BCUT2D eigenvalue weighted by atomic mass is 32.1. The van der Waals surface area contributed by atoms with Crippen molar-refractivity contribution in [3.63, 3.8) is 0 Å². The predicted molar refractivity (Wildman–Crippen MR) is 99.3 cm³/mol. The summed E-state index contributed by atoms with van der Waals surface area (Å²) in [6.07, 6.45) is 0. The van der Waals surface area contributed by atoms with Gasteiger partial charge in [0, 0.05) is 12.6 Å². The van der Waals surface area contributed by atoms with Crippen molar-refractivity contribution in [3.05, 3.63) is 59.6 Å². The summed E-state index contributed by atoms with van der Waals surface area (Å²) in [5, 5.41) is 13.2. The molecular formula is C18H16N6OS. The number of fused-ring (bicyclic) bond motifs is 1. The lowest BCUT2D eigenvalue weighted by Gasteiger charge is -2.14. The van der Waals surface area contributed by atoms with E-state index in [0.717, 1.165) is 20.8 Å². The summed E-state index contributed by atoms with van der Waals surface area (Å²) in [4.78, 5) is 20.0. The van der Waals surface area contributed by atoms with Crippen LogP contribution in [0.4, 0.5) is 0 Å². The molecule has 2 aromatic heterocycles. The van der Waals surface area contributed by atoms with Gasteiger partial charge >= 0.3 is 0 Å². The Morgan fingerprint density at radius 2 is 1.88 bits per heavy atom. The highest BCUT2D eigenvalue weighted by Gasteiger charge is 2.15. The minimum Gasteiger partial charge on any atom is -0.337 e. The summed E-state index contributed by atoms with van der Waals surface area (Å²) in [6.45, 7) is 0.500. The normalized spacial score (nSPS) is 11.0. The molecule has 0 atom stereocenters. The fourth-order valence-electron chi connectivity index (χ4n) is 2.53. The number of thiazole rings is 1. The highest BCUT2D eigenvalue weighted by Crippen LogP contribution is 2.22. The van der Waals surface area contributed by atoms with Crippen LogP contribution in [0.5, 0.6) is 0 Å². The second-order valence-corrected chi connectivity index (χ2v) is 6.95. The van der Waals surface area contributed by atoms with Crippen LogP contribution < -0.4 is 0 Å². The van der Waals surface area contributed by atoms with Crippen molar-refractivity contribution >= 4 is 27.5 Å². The molecule has 2 heterocycles. The average Bonchev–Trinajstić information content (AvgIpc) is 3.28. The number of aromatic nitrogens is 5. The lowest BCUT2D eigenvalue weighted by molar-refractivity contribution is -0.131. The van der Waals surface area contributed by atoms with Gasteiger partial charge in [-0.15, -0.1) is 21.5 Å². The van der Waals surface area contributed by atoms with Crippen molar-refractivity contribution in [3.8, 4) is 11.4 Å². The Balaban J connectivity index is 1.42. The number of nitrogens with zero attached hydrogens (tertiary/aromatic N) is 6. The molecule has 0 aliphatic heterocycles. The summed E-state index contributed by atoms with van der Waals surface area (Å²) in [5.74, 6) is 0.411. The van der Waals surface area contributed by atoms with E-state index in [1.807, 2.05) is 54.6 Å². The molecule has 8 heteroatoms. The highest BCUT2D eigenvalue weighted by molar-refractivity contribution is 7.18. The van der Waals surface area contributed by atoms with E-state index in [4.69, 9.17) is 0 Å². The third-order valence-electron chi connectivity index (χ3n) is 3.90. The molecule has 0 fully saturated rings. The van der Waals surface area contributed by atoms with Crippen LogP contribution in [-0.4, -0.2) is 43.0 Å². The van der Waals surface area contributed by atoms with E-state index in [0.29, 0.717) is 12.4 Å². The maximum atomic E-state index is 12.5. The first-order valence-corrected chi connectivity index (χ1v) is 8.92. The molecule has 4 aromatic rings. The Morgan fingerprint density at radius 1 is 1.12 bits per heavy atom. The number of carbonyl (C=O) groups excluding carboxylic acids is 1. The number of amides is 1. The molecule has 1 amide bonds. The van der Waals surface area contributed by atoms with Crippen molar-refractivity contribution in [1.82, 2.24) is 30.1 Å². The number of carbonyl (C=O) groups is 1. The number of para-hydroxylation sites is 1. The molecule has 26 heavy (non-hydrogen) atoms. The SMILES string of the molecule is CN(Cc1nc2ccccc2s1)C(=O)Cn1nnc(-c2ccccc2)n1. The maximum Gasteiger partial charge on any atom is 0.246 e. The van der Waals surface area contributed by atoms with Crippen LogP contribution in [0.3, 0.4) is 0 Å². The van der Waals surface area contributed by atoms with Crippen LogP contribution in [0, 0.1) is 0 Å². The van der Waals surface area contributed by atoms with Crippen molar-refractivity contribution in [1.29, 1.82) is 0 Å².